The minimum atomic E-state index is -3.22. The fraction of sp³-hybridized carbons (Fsp3) is 0.875. The molecule has 0 heterocycles. The number of halogens is 1. The van der Waals surface area contributed by atoms with Crippen LogP contribution in [0.1, 0.15) is 19.8 Å². The van der Waals surface area contributed by atoms with Gasteiger partial charge in [-0.2, -0.15) is 5.26 Å². The SMILES string of the molecule is CC(C#N)CNS(=O)(=O)CCCCCl. The Morgan fingerprint density at radius 1 is 1.50 bits per heavy atom. The highest BCUT2D eigenvalue weighted by Gasteiger charge is 2.10. The summed E-state index contributed by atoms with van der Waals surface area (Å²) in [6, 6.07) is 1.96. The third-order valence-electron chi connectivity index (χ3n) is 1.63. The first-order chi connectivity index (χ1) is 6.52. The van der Waals surface area contributed by atoms with Gasteiger partial charge in [0, 0.05) is 12.4 Å². The molecule has 1 unspecified atom stereocenters. The van der Waals surface area contributed by atoms with E-state index >= 15 is 0 Å². The predicted molar refractivity (Wildman–Crippen MR) is 56.5 cm³/mol. The van der Waals surface area contributed by atoms with Crippen LogP contribution < -0.4 is 4.72 Å². The van der Waals surface area contributed by atoms with Crippen molar-refractivity contribution in [3.63, 3.8) is 0 Å². The molecule has 0 aromatic heterocycles. The van der Waals surface area contributed by atoms with Gasteiger partial charge in [-0.1, -0.05) is 0 Å². The molecular formula is C8H15ClN2O2S. The first kappa shape index (κ1) is 13.7. The van der Waals surface area contributed by atoms with Crippen molar-refractivity contribution in [1.29, 1.82) is 5.26 Å². The van der Waals surface area contributed by atoms with Crippen molar-refractivity contribution in [3.05, 3.63) is 0 Å². The zero-order valence-corrected chi connectivity index (χ0v) is 9.74. The zero-order valence-electron chi connectivity index (χ0n) is 8.16. The number of nitrogens with zero attached hydrogens (tertiary/aromatic N) is 1. The van der Waals surface area contributed by atoms with E-state index in [1.54, 1.807) is 6.92 Å². The molecule has 0 aromatic rings. The molecule has 0 aromatic carbocycles. The molecule has 0 radical (unpaired) electrons. The third-order valence-corrected chi connectivity index (χ3v) is 3.33. The van der Waals surface area contributed by atoms with Crippen LogP contribution in [-0.2, 0) is 10.0 Å². The topological polar surface area (TPSA) is 70.0 Å². The quantitative estimate of drug-likeness (QED) is 0.533. The molecule has 0 fully saturated rings. The second kappa shape index (κ2) is 7.04. The van der Waals surface area contributed by atoms with Crippen molar-refractivity contribution >= 4 is 21.6 Å². The van der Waals surface area contributed by atoms with Crippen LogP contribution in [0.2, 0.25) is 0 Å². The number of alkyl halides is 1. The van der Waals surface area contributed by atoms with Gasteiger partial charge < -0.3 is 0 Å². The molecule has 1 atom stereocenters. The van der Waals surface area contributed by atoms with Gasteiger partial charge in [-0.3, -0.25) is 0 Å². The lowest BCUT2D eigenvalue weighted by Gasteiger charge is -2.06. The monoisotopic (exact) mass is 238 g/mol. The lowest BCUT2D eigenvalue weighted by molar-refractivity contribution is 0.570. The maximum Gasteiger partial charge on any atom is 0.211 e. The molecule has 0 aliphatic rings. The van der Waals surface area contributed by atoms with Gasteiger partial charge in [0.2, 0.25) is 10.0 Å². The number of hydrogen-bond acceptors (Lipinski definition) is 3. The van der Waals surface area contributed by atoms with E-state index in [-0.39, 0.29) is 18.2 Å². The molecule has 0 bridgehead atoms. The molecule has 0 aliphatic heterocycles. The zero-order chi connectivity index (χ0) is 11.0. The Hall–Kier alpha value is -0.310. The van der Waals surface area contributed by atoms with E-state index in [1.807, 2.05) is 6.07 Å². The Kier molecular flexibility index (Phi) is 6.89. The van der Waals surface area contributed by atoms with Gasteiger partial charge in [-0.25, -0.2) is 13.1 Å². The molecule has 0 amide bonds. The molecule has 0 saturated heterocycles. The van der Waals surface area contributed by atoms with Crippen LogP contribution in [0.25, 0.3) is 0 Å². The standard InChI is InChI=1S/C8H15ClN2O2S/c1-8(6-10)7-11-14(12,13)5-3-2-4-9/h8,11H,2-5,7H2,1H3. The van der Waals surface area contributed by atoms with Crippen molar-refractivity contribution in [2.75, 3.05) is 18.2 Å². The van der Waals surface area contributed by atoms with Gasteiger partial charge in [-0.05, 0) is 19.8 Å². The minimum Gasteiger partial charge on any atom is -0.214 e. The van der Waals surface area contributed by atoms with E-state index in [4.69, 9.17) is 16.9 Å². The van der Waals surface area contributed by atoms with Crippen LogP contribution in [0.3, 0.4) is 0 Å². The Morgan fingerprint density at radius 2 is 2.14 bits per heavy atom. The summed E-state index contributed by atoms with van der Waals surface area (Å²) in [7, 11) is -3.22. The van der Waals surface area contributed by atoms with E-state index in [0.29, 0.717) is 18.7 Å². The first-order valence-electron chi connectivity index (χ1n) is 4.44. The Morgan fingerprint density at radius 3 is 2.64 bits per heavy atom. The Bertz CT molecular complexity index is 284. The highest BCUT2D eigenvalue weighted by Crippen LogP contribution is 1.97. The molecule has 1 N–H and O–H groups in total. The van der Waals surface area contributed by atoms with Crippen molar-refractivity contribution in [2.24, 2.45) is 5.92 Å². The van der Waals surface area contributed by atoms with Crippen molar-refractivity contribution in [1.82, 2.24) is 4.72 Å². The van der Waals surface area contributed by atoms with Gasteiger partial charge in [0.05, 0.1) is 17.7 Å². The van der Waals surface area contributed by atoms with E-state index in [9.17, 15) is 8.42 Å². The van der Waals surface area contributed by atoms with Crippen LogP contribution in [0, 0.1) is 17.2 Å². The van der Waals surface area contributed by atoms with Gasteiger partial charge in [0.25, 0.3) is 0 Å². The molecule has 0 spiro atoms. The first-order valence-corrected chi connectivity index (χ1v) is 6.63. The van der Waals surface area contributed by atoms with E-state index in [0.717, 1.165) is 0 Å². The summed E-state index contributed by atoms with van der Waals surface area (Å²) >= 11 is 5.42. The summed E-state index contributed by atoms with van der Waals surface area (Å²) in [5.41, 5.74) is 0. The van der Waals surface area contributed by atoms with Gasteiger partial charge in [0.1, 0.15) is 0 Å². The number of nitrogens with one attached hydrogen (secondary N) is 1. The maximum absolute atomic E-state index is 11.3. The average molecular weight is 239 g/mol. The van der Waals surface area contributed by atoms with E-state index in [2.05, 4.69) is 4.72 Å². The summed E-state index contributed by atoms with van der Waals surface area (Å²) in [6.07, 6.45) is 1.25. The predicted octanol–water partition coefficient (Wildman–Crippen LogP) is 1.08. The fourth-order valence-corrected chi connectivity index (χ4v) is 2.18. The van der Waals surface area contributed by atoms with Gasteiger partial charge >= 0.3 is 0 Å². The third kappa shape index (κ3) is 7.13. The number of sulfonamides is 1. The van der Waals surface area contributed by atoms with Gasteiger partial charge in [0.15, 0.2) is 0 Å². The van der Waals surface area contributed by atoms with Crippen LogP contribution in [0.5, 0.6) is 0 Å². The highest BCUT2D eigenvalue weighted by atomic mass is 35.5. The molecule has 82 valence electrons. The van der Waals surface area contributed by atoms with E-state index in [1.165, 1.54) is 0 Å². The molecule has 6 heteroatoms. The summed E-state index contributed by atoms with van der Waals surface area (Å²) in [5.74, 6) is 0.264. The van der Waals surface area contributed by atoms with Crippen LogP contribution in [0.4, 0.5) is 0 Å². The molecule has 0 aliphatic carbocycles. The summed E-state index contributed by atoms with van der Waals surface area (Å²) in [6.45, 7) is 1.85. The maximum atomic E-state index is 11.3. The van der Waals surface area contributed by atoms with Crippen molar-refractivity contribution < 1.29 is 8.42 Å². The second-order valence-electron chi connectivity index (χ2n) is 3.09. The molecule has 14 heavy (non-hydrogen) atoms. The summed E-state index contributed by atoms with van der Waals surface area (Å²) < 4.78 is 24.9. The normalized spacial score (nSPS) is 13.5. The molecule has 4 nitrogen and oxygen atoms in total. The largest absolute Gasteiger partial charge is 0.214 e. The molecule has 0 rings (SSSR count). The Balaban J connectivity index is 3.80. The molecular weight excluding hydrogens is 224 g/mol. The fourth-order valence-electron chi connectivity index (χ4n) is 0.756. The number of rotatable bonds is 7. The number of nitriles is 1. The van der Waals surface area contributed by atoms with Crippen LogP contribution in [0.15, 0.2) is 0 Å². The number of unbranched alkanes of at least 4 members (excludes halogenated alkanes) is 1. The summed E-state index contributed by atoms with van der Waals surface area (Å²) in [4.78, 5) is 0. The average Bonchev–Trinajstić information content (AvgIpc) is 2.14. The van der Waals surface area contributed by atoms with Crippen molar-refractivity contribution in [3.8, 4) is 6.07 Å². The lowest BCUT2D eigenvalue weighted by atomic mass is 10.2. The Labute approximate surface area is 90.3 Å². The number of hydrogen-bond donors (Lipinski definition) is 1. The minimum absolute atomic E-state index is 0.0812. The smallest absolute Gasteiger partial charge is 0.211 e. The van der Waals surface area contributed by atoms with Crippen LogP contribution in [-0.4, -0.2) is 26.6 Å². The van der Waals surface area contributed by atoms with Crippen molar-refractivity contribution in [2.45, 2.75) is 19.8 Å². The lowest BCUT2D eigenvalue weighted by Crippen LogP contribution is -2.30. The highest BCUT2D eigenvalue weighted by molar-refractivity contribution is 7.89. The van der Waals surface area contributed by atoms with Gasteiger partial charge in [-0.15, -0.1) is 11.6 Å². The second-order valence-corrected chi connectivity index (χ2v) is 5.40. The van der Waals surface area contributed by atoms with Crippen LogP contribution >= 0.6 is 11.6 Å². The van der Waals surface area contributed by atoms with E-state index < -0.39 is 10.0 Å². The molecule has 0 saturated carbocycles. The summed E-state index contributed by atoms with van der Waals surface area (Å²) in [5, 5.41) is 8.44.